The van der Waals surface area contributed by atoms with E-state index in [2.05, 4.69) is 26.0 Å². The zero-order chi connectivity index (χ0) is 20.5. The Balaban J connectivity index is 2.17. The molecule has 1 rings (SSSR count). The molecule has 0 aliphatic carbocycles. The molecule has 0 aromatic heterocycles. The van der Waals surface area contributed by atoms with Crippen LogP contribution in [0.15, 0.2) is 24.3 Å². The average molecular weight is 430 g/mol. The number of hydrogen-bond acceptors (Lipinski definition) is 2. The Morgan fingerprint density at radius 2 is 1.54 bits per heavy atom. The fraction of sp³-hybridized carbons (Fsp3) is 0.750. The minimum atomic E-state index is 0.00681. The lowest BCUT2D eigenvalue weighted by Crippen LogP contribution is -2.22. The van der Waals surface area contributed by atoms with Crippen LogP contribution in [0.25, 0.3) is 0 Å². The smallest absolute Gasteiger partial charge is 0.147 e. The van der Waals surface area contributed by atoms with Gasteiger partial charge >= 0.3 is 0 Å². The van der Waals surface area contributed by atoms with Crippen molar-refractivity contribution < 1.29 is 9.29 Å². The number of aliphatic hydroxyl groups is 1. The van der Waals surface area contributed by atoms with Crippen LogP contribution in [0.1, 0.15) is 90.0 Å². The van der Waals surface area contributed by atoms with Gasteiger partial charge in [0.05, 0.1) is 0 Å². The van der Waals surface area contributed by atoms with Gasteiger partial charge < -0.3 is 5.11 Å². The molecule has 2 unspecified atom stereocenters. The van der Waals surface area contributed by atoms with Gasteiger partial charge in [0, 0.05) is 18.1 Å². The fourth-order valence-corrected chi connectivity index (χ4v) is 5.40. The van der Waals surface area contributed by atoms with Crippen LogP contribution in [-0.2, 0) is 21.8 Å². The lowest BCUT2D eigenvalue weighted by atomic mass is 10.1. The SMILES string of the molecule is CCCCCCCCC(C)O[S+](CCCO)CCCCCc1ccc(Cl)cc1. The largest absolute Gasteiger partial charge is 0.396 e. The topological polar surface area (TPSA) is 29.5 Å². The predicted molar refractivity (Wildman–Crippen MR) is 126 cm³/mol. The summed E-state index contributed by atoms with van der Waals surface area (Å²) in [5, 5.41) is 10.00. The summed E-state index contributed by atoms with van der Waals surface area (Å²) in [7, 11) is 0. The molecular weight excluding hydrogens is 388 g/mol. The Bertz CT molecular complexity index is 466. The van der Waals surface area contributed by atoms with Gasteiger partial charge in [0.2, 0.25) is 0 Å². The second kappa shape index (κ2) is 17.6. The highest BCUT2D eigenvalue weighted by Crippen LogP contribution is 2.16. The number of hydrogen-bond donors (Lipinski definition) is 1. The van der Waals surface area contributed by atoms with Crippen molar-refractivity contribution >= 4 is 22.8 Å². The highest BCUT2D eigenvalue weighted by molar-refractivity contribution is 7.92. The van der Waals surface area contributed by atoms with E-state index >= 15 is 0 Å². The first-order chi connectivity index (χ1) is 13.7. The number of aliphatic hydroxyl groups excluding tert-OH is 1. The summed E-state index contributed by atoms with van der Waals surface area (Å²) in [6, 6.07) is 8.20. The molecule has 1 aromatic carbocycles. The number of benzene rings is 1. The van der Waals surface area contributed by atoms with Crippen molar-refractivity contribution in [2.45, 2.75) is 97.0 Å². The van der Waals surface area contributed by atoms with Gasteiger partial charge in [-0.15, -0.1) is 0 Å². The molecule has 1 aromatic rings. The zero-order valence-electron chi connectivity index (χ0n) is 18.1. The number of aryl methyl sites for hydroxylation is 1. The van der Waals surface area contributed by atoms with Crippen LogP contribution in [0.3, 0.4) is 0 Å². The second-order valence-electron chi connectivity index (χ2n) is 7.83. The van der Waals surface area contributed by atoms with Gasteiger partial charge in [0.25, 0.3) is 0 Å². The fourth-order valence-electron chi connectivity index (χ4n) is 3.34. The van der Waals surface area contributed by atoms with Gasteiger partial charge in [-0.1, -0.05) is 69.2 Å². The van der Waals surface area contributed by atoms with E-state index in [4.69, 9.17) is 15.8 Å². The Morgan fingerprint density at radius 1 is 0.893 bits per heavy atom. The molecule has 0 saturated carbocycles. The summed E-state index contributed by atoms with van der Waals surface area (Å²) < 4.78 is 6.36. The van der Waals surface area contributed by atoms with Crippen LogP contribution in [0.5, 0.6) is 0 Å². The first kappa shape index (κ1) is 25.8. The zero-order valence-corrected chi connectivity index (χ0v) is 19.7. The van der Waals surface area contributed by atoms with E-state index in [9.17, 15) is 5.11 Å². The Hall–Kier alpha value is -0.220. The predicted octanol–water partition coefficient (Wildman–Crippen LogP) is 7.12. The van der Waals surface area contributed by atoms with Gasteiger partial charge in [-0.2, -0.15) is 4.18 Å². The summed E-state index contributed by atoms with van der Waals surface area (Å²) in [5.41, 5.74) is 1.37. The molecule has 28 heavy (non-hydrogen) atoms. The minimum Gasteiger partial charge on any atom is -0.396 e. The Kier molecular flexibility index (Phi) is 16.2. The van der Waals surface area contributed by atoms with Crippen molar-refractivity contribution in [3.63, 3.8) is 0 Å². The minimum absolute atomic E-state index is 0.00681. The summed E-state index contributed by atoms with van der Waals surface area (Å²) >= 11 is 5.95. The maximum atomic E-state index is 9.19. The maximum Gasteiger partial charge on any atom is 0.147 e. The second-order valence-corrected chi connectivity index (χ2v) is 10.2. The van der Waals surface area contributed by atoms with Gasteiger partial charge in [0.1, 0.15) is 28.8 Å². The van der Waals surface area contributed by atoms with E-state index in [1.54, 1.807) is 0 Å². The van der Waals surface area contributed by atoms with Crippen molar-refractivity contribution in [3.8, 4) is 0 Å². The Labute approximate surface area is 182 Å². The lowest BCUT2D eigenvalue weighted by molar-refractivity contribution is 0.234. The molecule has 2 atom stereocenters. The van der Waals surface area contributed by atoms with Gasteiger partial charge in [-0.05, 0) is 56.7 Å². The molecule has 0 fully saturated rings. The van der Waals surface area contributed by atoms with Crippen LogP contribution in [0.4, 0.5) is 0 Å². The normalized spacial score (nSPS) is 13.6. The van der Waals surface area contributed by atoms with Gasteiger partial charge in [-0.25, -0.2) is 0 Å². The van der Waals surface area contributed by atoms with Crippen molar-refractivity contribution in [1.82, 2.24) is 0 Å². The molecule has 162 valence electrons. The van der Waals surface area contributed by atoms with Crippen molar-refractivity contribution in [1.29, 1.82) is 0 Å². The van der Waals surface area contributed by atoms with Crippen LogP contribution in [0.2, 0.25) is 5.02 Å². The highest BCUT2D eigenvalue weighted by Gasteiger charge is 2.23. The molecule has 1 N–H and O–H groups in total. The molecule has 0 aliphatic heterocycles. The van der Waals surface area contributed by atoms with Crippen molar-refractivity contribution in [2.75, 3.05) is 18.1 Å². The lowest BCUT2D eigenvalue weighted by Gasteiger charge is -2.13. The molecule has 0 heterocycles. The van der Waals surface area contributed by atoms with Crippen molar-refractivity contribution in [2.24, 2.45) is 0 Å². The third kappa shape index (κ3) is 13.9. The molecule has 0 spiro atoms. The molecule has 0 aliphatic rings. The van der Waals surface area contributed by atoms with Crippen molar-refractivity contribution in [3.05, 3.63) is 34.9 Å². The van der Waals surface area contributed by atoms with Crippen LogP contribution in [-0.4, -0.2) is 29.3 Å². The molecule has 0 bridgehead atoms. The molecule has 2 nitrogen and oxygen atoms in total. The summed E-state index contributed by atoms with van der Waals surface area (Å²) in [6.45, 7) is 4.77. The van der Waals surface area contributed by atoms with E-state index in [0.717, 1.165) is 29.4 Å². The summed E-state index contributed by atoms with van der Waals surface area (Å²) in [5.74, 6) is 2.15. The maximum absolute atomic E-state index is 9.19. The molecular formula is C24H42ClO2S+. The molecule has 4 heteroatoms. The number of unbranched alkanes of at least 4 members (excludes halogenated alkanes) is 7. The van der Waals surface area contributed by atoms with E-state index in [1.807, 2.05) is 12.1 Å². The van der Waals surface area contributed by atoms with Gasteiger partial charge in [0.15, 0.2) is 0 Å². The van der Waals surface area contributed by atoms with Crippen LogP contribution in [0, 0.1) is 0 Å². The van der Waals surface area contributed by atoms with Crippen LogP contribution < -0.4 is 0 Å². The molecule has 0 saturated heterocycles. The quantitative estimate of drug-likeness (QED) is 0.199. The van der Waals surface area contributed by atoms with E-state index < -0.39 is 0 Å². The first-order valence-corrected chi connectivity index (χ1v) is 13.2. The first-order valence-electron chi connectivity index (χ1n) is 11.4. The van der Waals surface area contributed by atoms with Gasteiger partial charge in [-0.3, -0.25) is 0 Å². The molecule has 0 radical (unpaired) electrons. The third-order valence-corrected chi connectivity index (χ3v) is 7.39. The van der Waals surface area contributed by atoms with E-state index in [-0.39, 0.29) is 17.8 Å². The standard InChI is InChI=1S/C24H42ClO2S/c1-3-4-5-6-7-9-13-22(2)27-28(21-12-19-26)20-11-8-10-14-23-15-17-24(25)18-16-23/h15-18,22,26H,3-14,19-21H2,1-2H3/q+1. The monoisotopic (exact) mass is 429 g/mol. The summed E-state index contributed by atoms with van der Waals surface area (Å²) in [6.07, 6.45) is 15.2. The Morgan fingerprint density at radius 3 is 2.25 bits per heavy atom. The number of rotatable bonds is 18. The third-order valence-electron chi connectivity index (χ3n) is 5.05. The van der Waals surface area contributed by atoms with Crippen LogP contribution >= 0.6 is 11.6 Å². The molecule has 0 amide bonds. The van der Waals surface area contributed by atoms with E-state index in [1.165, 1.54) is 69.8 Å². The van der Waals surface area contributed by atoms with E-state index in [0.29, 0.717) is 6.10 Å². The summed E-state index contributed by atoms with van der Waals surface area (Å²) in [4.78, 5) is 0. The highest BCUT2D eigenvalue weighted by atomic mass is 35.5. The number of halogens is 1. The average Bonchev–Trinajstić information content (AvgIpc) is 2.69.